The maximum atomic E-state index is 12.6. The van der Waals surface area contributed by atoms with Crippen LogP contribution in [0, 0.1) is 5.92 Å². The van der Waals surface area contributed by atoms with E-state index in [9.17, 15) is 9.59 Å². The number of esters is 1. The molecule has 1 aromatic heterocycles. The molecule has 0 aliphatic rings. The van der Waals surface area contributed by atoms with Gasteiger partial charge < -0.3 is 14.8 Å². The van der Waals surface area contributed by atoms with E-state index >= 15 is 0 Å². The third kappa shape index (κ3) is 6.56. The Morgan fingerprint density at radius 2 is 1.69 bits per heavy atom. The lowest BCUT2D eigenvalue weighted by molar-refractivity contribution is -0.148. The van der Waals surface area contributed by atoms with Crippen LogP contribution in [0.1, 0.15) is 35.5 Å². The van der Waals surface area contributed by atoms with Gasteiger partial charge in [0.15, 0.2) is 0 Å². The first-order valence-corrected chi connectivity index (χ1v) is 10.7. The van der Waals surface area contributed by atoms with Crippen molar-refractivity contribution in [3.8, 4) is 5.75 Å². The van der Waals surface area contributed by atoms with Crippen molar-refractivity contribution >= 4 is 23.5 Å². The van der Waals surface area contributed by atoms with Crippen molar-refractivity contribution in [1.29, 1.82) is 0 Å². The highest BCUT2D eigenvalue weighted by Gasteiger charge is 2.26. The number of amides is 1. The summed E-state index contributed by atoms with van der Waals surface area (Å²) in [7, 11) is 0. The molecule has 0 unspecified atom stereocenters. The van der Waals surface area contributed by atoms with Crippen molar-refractivity contribution in [1.82, 2.24) is 10.3 Å². The van der Waals surface area contributed by atoms with E-state index in [1.54, 1.807) is 30.5 Å². The third-order valence-electron chi connectivity index (χ3n) is 4.74. The smallest absolute Gasteiger partial charge is 0.329 e. The number of pyridine rings is 1. The minimum Gasteiger partial charge on any atom is -0.487 e. The summed E-state index contributed by atoms with van der Waals surface area (Å²) in [6.45, 7) is 4.14. The van der Waals surface area contributed by atoms with Gasteiger partial charge in [-0.15, -0.1) is 0 Å². The zero-order valence-electron chi connectivity index (χ0n) is 18.0. The highest BCUT2D eigenvalue weighted by atomic mass is 35.5. The predicted molar refractivity (Wildman–Crippen MR) is 122 cm³/mol. The number of nitrogens with zero attached hydrogens (tertiary/aromatic N) is 1. The first-order valence-electron chi connectivity index (χ1n) is 10.3. The average molecular weight is 453 g/mol. The molecule has 0 saturated carbocycles. The van der Waals surface area contributed by atoms with Gasteiger partial charge in [-0.3, -0.25) is 9.78 Å². The Morgan fingerprint density at radius 1 is 0.969 bits per heavy atom. The summed E-state index contributed by atoms with van der Waals surface area (Å²) < 4.78 is 11.2. The molecule has 1 atom stereocenters. The molecule has 6 nitrogen and oxygen atoms in total. The number of carbonyl (C=O) groups is 2. The number of ether oxygens (including phenoxy) is 2. The molecule has 3 aromatic rings. The van der Waals surface area contributed by atoms with Gasteiger partial charge in [0.05, 0.1) is 16.3 Å². The Labute approximate surface area is 192 Å². The van der Waals surface area contributed by atoms with Crippen molar-refractivity contribution in [3.63, 3.8) is 0 Å². The van der Waals surface area contributed by atoms with Gasteiger partial charge in [-0.1, -0.05) is 55.8 Å². The van der Waals surface area contributed by atoms with Crippen molar-refractivity contribution < 1.29 is 19.1 Å². The number of hydrogen-bond acceptors (Lipinski definition) is 5. The molecule has 2 aromatic carbocycles. The lowest BCUT2D eigenvalue weighted by Crippen LogP contribution is -2.45. The second-order valence-corrected chi connectivity index (χ2v) is 7.94. The van der Waals surface area contributed by atoms with E-state index < -0.39 is 17.9 Å². The van der Waals surface area contributed by atoms with E-state index in [-0.39, 0.29) is 12.5 Å². The summed E-state index contributed by atoms with van der Waals surface area (Å²) in [4.78, 5) is 29.4. The first-order chi connectivity index (χ1) is 15.4. The van der Waals surface area contributed by atoms with Gasteiger partial charge >= 0.3 is 5.97 Å². The van der Waals surface area contributed by atoms with Gasteiger partial charge in [0.1, 0.15) is 25.0 Å². The van der Waals surface area contributed by atoms with Crippen LogP contribution in [-0.2, 0) is 22.7 Å². The summed E-state index contributed by atoms with van der Waals surface area (Å²) in [5.41, 5.74) is 1.96. The van der Waals surface area contributed by atoms with Gasteiger partial charge in [0.25, 0.3) is 5.91 Å². The van der Waals surface area contributed by atoms with Crippen molar-refractivity contribution in [3.05, 3.63) is 94.8 Å². The van der Waals surface area contributed by atoms with Crippen molar-refractivity contribution in [2.45, 2.75) is 33.1 Å². The molecule has 7 heteroatoms. The SMILES string of the molecule is CC(C)[C@H](NC(=O)c1ccccc1Cl)C(=O)OCc1ccc(OCc2ccccn2)cc1. The zero-order valence-corrected chi connectivity index (χ0v) is 18.7. The number of rotatable bonds is 9. The van der Waals surface area contributed by atoms with E-state index in [1.807, 2.05) is 56.3 Å². The van der Waals surface area contributed by atoms with Gasteiger partial charge in [-0.2, -0.15) is 0 Å². The van der Waals surface area contributed by atoms with Crippen LogP contribution >= 0.6 is 11.6 Å². The fraction of sp³-hybridized carbons (Fsp3) is 0.240. The lowest BCUT2D eigenvalue weighted by Gasteiger charge is -2.21. The van der Waals surface area contributed by atoms with Gasteiger partial charge in [-0.25, -0.2) is 4.79 Å². The highest BCUT2D eigenvalue weighted by molar-refractivity contribution is 6.33. The standard InChI is InChI=1S/C25H25ClN2O4/c1-17(2)23(28-24(29)21-8-3-4-9-22(21)26)25(30)32-15-18-10-12-20(13-11-18)31-16-19-7-5-6-14-27-19/h3-14,17,23H,15-16H2,1-2H3,(H,28,29)/t23-/m0/s1. The molecule has 0 saturated heterocycles. The fourth-order valence-corrected chi connectivity index (χ4v) is 3.15. The lowest BCUT2D eigenvalue weighted by atomic mass is 10.0. The average Bonchev–Trinajstić information content (AvgIpc) is 2.81. The fourth-order valence-electron chi connectivity index (χ4n) is 2.93. The number of benzene rings is 2. The molecule has 0 aliphatic carbocycles. The zero-order chi connectivity index (χ0) is 22.9. The quantitative estimate of drug-likeness (QED) is 0.471. The first kappa shape index (κ1) is 23.3. The van der Waals surface area contributed by atoms with Crippen LogP contribution in [0.15, 0.2) is 72.9 Å². The Hall–Kier alpha value is -3.38. The molecule has 166 valence electrons. The molecule has 0 fully saturated rings. The summed E-state index contributed by atoms with van der Waals surface area (Å²) in [6, 6.07) is 18.8. The number of halogens is 1. The molecular weight excluding hydrogens is 428 g/mol. The summed E-state index contributed by atoms with van der Waals surface area (Å²) in [5.74, 6) is -0.384. The number of hydrogen-bond donors (Lipinski definition) is 1. The minimum absolute atomic E-state index is 0.0878. The topological polar surface area (TPSA) is 77.5 Å². The van der Waals surface area contributed by atoms with Crippen molar-refractivity contribution in [2.75, 3.05) is 0 Å². The largest absolute Gasteiger partial charge is 0.487 e. The predicted octanol–water partition coefficient (Wildman–Crippen LogP) is 4.81. The molecule has 0 bridgehead atoms. The molecule has 32 heavy (non-hydrogen) atoms. The van der Waals surface area contributed by atoms with Crippen LogP contribution in [0.3, 0.4) is 0 Å². The summed E-state index contributed by atoms with van der Waals surface area (Å²) in [5, 5.41) is 3.05. The minimum atomic E-state index is -0.792. The molecule has 0 spiro atoms. The van der Waals surface area contributed by atoms with Crippen LogP contribution in [0.4, 0.5) is 0 Å². The Balaban J connectivity index is 1.53. The van der Waals surface area contributed by atoms with E-state index in [0.29, 0.717) is 22.9 Å². The molecule has 1 heterocycles. The molecule has 0 aliphatic heterocycles. The van der Waals surface area contributed by atoms with Crippen LogP contribution in [0.2, 0.25) is 5.02 Å². The molecule has 1 N–H and O–H groups in total. The molecule has 3 rings (SSSR count). The summed E-state index contributed by atoms with van der Waals surface area (Å²) >= 11 is 6.08. The molecule has 0 radical (unpaired) electrons. The van der Waals surface area contributed by atoms with Crippen molar-refractivity contribution in [2.24, 2.45) is 5.92 Å². The van der Waals surface area contributed by atoms with E-state index in [2.05, 4.69) is 10.3 Å². The van der Waals surface area contributed by atoms with Gasteiger partial charge in [0, 0.05) is 6.20 Å². The number of nitrogens with one attached hydrogen (secondary N) is 1. The number of aromatic nitrogens is 1. The van der Waals surface area contributed by atoms with Crippen LogP contribution in [0.5, 0.6) is 5.75 Å². The maximum Gasteiger partial charge on any atom is 0.329 e. The van der Waals surface area contributed by atoms with Gasteiger partial charge in [0.2, 0.25) is 0 Å². The second-order valence-electron chi connectivity index (χ2n) is 7.54. The van der Waals surface area contributed by atoms with E-state index in [0.717, 1.165) is 11.3 Å². The third-order valence-corrected chi connectivity index (χ3v) is 5.07. The van der Waals surface area contributed by atoms with E-state index in [1.165, 1.54) is 0 Å². The molecule has 1 amide bonds. The summed E-state index contributed by atoms with van der Waals surface area (Å²) in [6.07, 6.45) is 1.72. The van der Waals surface area contributed by atoms with E-state index in [4.69, 9.17) is 21.1 Å². The van der Waals surface area contributed by atoms with Crippen LogP contribution < -0.4 is 10.1 Å². The monoisotopic (exact) mass is 452 g/mol. The van der Waals surface area contributed by atoms with Gasteiger partial charge in [-0.05, 0) is 47.9 Å². The van der Waals surface area contributed by atoms with Crippen LogP contribution in [0.25, 0.3) is 0 Å². The highest BCUT2D eigenvalue weighted by Crippen LogP contribution is 2.17. The Morgan fingerprint density at radius 3 is 2.34 bits per heavy atom. The van der Waals surface area contributed by atoms with Crippen LogP contribution in [-0.4, -0.2) is 22.9 Å². The maximum absolute atomic E-state index is 12.6. The second kappa shape index (κ2) is 11.3. The molecular formula is C25H25ClN2O4. The number of carbonyl (C=O) groups excluding carboxylic acids is 2. The Kier molecular flexibility index (Phi) is 8.22. The Bertz CT molecular complexity index is 1040. The normalized spacial score (nSPS) is 11.6.